The van der Waals surface area contributed by atoms with Gasteiger partial charge in [0, 0.05) is 11.1 Å². The van der Waals surface area contributed by atoms with Crippen LogP contribution in [0.15, 0.2) is 89.9 Å². The van der Waals surface area contributed by atoms with E-state index < -0.39 is 54.7 Å². The molecule has 0 aromatic heterocycles. The van der Waals surface area contributed by atoms with Gasteiger partial charge < -0.3 is 16.4 Å². The average Bonchev–Trinajstić information content (AvgIpc) is 3.05. The Morgan fingerprint density at radius 2 is 1.53 bits per heavy atom. The maximum Gasteiger partial charge on any atom is 0.269 e. The normalized spacial score (nSPS) is 17.3. The summed E-state index contributed by atoms with van der Waals surface area (Å²) in [6.07, 6.45) is -8.57. The van der Waals surface area contributed by atoms with Crippen LogP contribution in [0.4, 0.5) is 18.9 Å². The Labute approximate surface area is 217 Å². The highest BCUT2D eigenvalue weighted by atomic mass is 19.3. The number of nitrogens with zero attached hydrogens (tertiary/aromatic N) is 1. The third kappa shape index (κ3) is 5.91. The highest BCUT2D eigenvalue weighted by Gasteiger charge is 2.39. The van der Waals surface area contributed by atoms with E-state index in [4.69, 9.17) is 5.73 Å². The van der Waals surface area contributed by atoms with Crippen LogP contribution in [0.3, 0.4) is 0 Å². The number of nitrogens with two attached hydrogens (primary N) is 1. The summed E-state index contributed by atoms with van der Waals surface area (Å²) >= 11 is 0. The highest BCUT2D eigenvalue weighted by molar-refractivity contribution is 6.19. The number of rotatable bonds is 9. The summed E-state index contributed by atoms with van der Waals surface area (Å²) in [5.74, 6) is -5.76. The summed E-state index contributed by atoms with van der Waals surface area (Å²) in [7, 11) is 0. The van der Waals surface area contributed by atoms with Gasteiger partial charge >= 0.3 is 0 Å². The number of carbonyl (C=O) groups excluding carboxylic acids is 3. The van der Waals surface area contributed by atoms with Gasteiger partial charge in [0.25, 0.3) is 12.3 Å². The first kappa shape index (κ1) is 26.6. The molecule has 196 valence electrons. The predicted molar refractivity (Wildman–Crippen MR) is 136 cm³/mol. The maximum absolute atomic E-state index is 14.3. The van der Waals surface area contributed by atoms with E-state index in [9.17, 15) is 27.6 Å². The van der Waals surface area contributed by atoms with Gasteiger partial charge in [-0.25, -0.2) is 18.2 Å². The first-order chi connectivity index (χ1) is 18.3. The molecule has 38 heavy (non-hydrogen) atoms. The molecular weight excluding hydrogens is 497 g/mol. The van der Waals surface area contributed by atoms with Crippen molar-refractivity contribution in [1.82, 2.24) is 5.32 Å². The van der Waals surface area contributed by atoms with Gasteiger partial charge in [0.2, 0.25) is 18.0 Å². The Morgan fingerprint density at radius 1 is 0.921 bits per heavy atom. The van der Waals surface area contributed by atoms with Crippen molar-refractivity contribution in [1.29, 1.82) is 0 Å². The smallest absolute Gasteiger partial charge is 0.269 e. The van der Waals surface area contributed by atoms with Crippen molar-refractivity contribution in [3.63, 3.8) is 0 Å². The lowest BCUT2D eigenvalue weighted by Gasteiger charge is -2.27. The van der Waals surface area contributed by atoms with Crippen molar-refractivity contribution < 1.29 is 27.6 Å². The molecular formula is C28H25F3N4O3. The molecule has 0 radical (unpaired) electrons. The topological polar surface area (TPSA) is 114 Å². The Balaban J connectivity index is 1.72. The molecule has 3 aromatic rings. The van der Waals surface area contributed by atoms with Crippen molar-refractivity contribution in [3.8, 4) is 0 Å². The van der Waals surface area contributed by atoms with Crippen LogP contribution in [-0.4, -0.2) is 42.2 Å². The van der Waals surface area contributed by atoms with Crippen molar-refractivity contribution in [2.45, 2.75) is 31.1 Å². The SMILES string of the molecule is NC(=O)[C@@H](c1ccccc1)[C@@H](CC(F)C(F)F)C(=O)N[C@H]1N=C(c2ccccc2)c2ccccc2NC1=O. The second kappa shape index (κ2) is 11.7. The van der Waals surface area contributed by atoms with Gasteiger partial charge in [0.15, 0.2) is 6.17 Å². The van der Waals surface area contributed by atoms with E-state index in [1.807, 2.05) is 6.07 Å². The lowest BCUT2D eigenvalue weighted by molar-refractivity contribution is -0.134. The number of hydrogen-bond donors (Lipinski definition) is 3. The van der Waals surface area contributed by atoms with Gasteiger partial charge in [-0.1, -0.05) is 78.9 Å². The van der Waals surface area contributed by atoms with E-state index in [0.29, 0.717) is 22.5 Å². The van der Waals surface area contributed by atoms with E-state index in [0.717, 1.165) is 0 Å². The molecule has 10 heteroatoms. The zero-order chi connectivity index (χ0) is 27.2. The molecule has 0 spiro atoms. The average molecular weight is 523 g/mol. The van der Waals surface area contributed by atoms with E-state index in [1.54, 1.807) is 66.7 Å². The predicted octanol–water partition coefficient (Wildman–Crippen LogP) is 3.80. The summed E-state index contributed by atoms with van der Waals surface area (Å²) in [5.41, 5.74) is 7.93. The van der Waals surface area contributed by atoms with E-state index in [2.05, 4.69) is 15.6 Å². The van der Waals surface area contributed by atoms with Crippen molar-refractivity contribution in [2.24, 2.45) is 16.6 Å². The lowest BCUT2D eigenvalue weighted by atomic mass is 9.81. The largest absolute Gasteiger partial charge is 0.369 e. The Morgan fingerprint density at radius 3 is 2.16 bits per heavy atom. The second-order valence-electron chi connectivity index (χ2n) is 8.77. The minimum Gasteiger partial charge on any atom is -0.369 e. The third-order valence-electron chi connectivity index (χ3n) is 6.23. The molecule has 0 bridgehead atoms. The molecule has 3 amide bonds. The fourth-order valence-corrected chi connectivity index (χ4v) is 4.42. The van der Waals surface area contributed by atoms with Crippen LogP contribution >= 0.6 is 0 Å². The van der Waals surface area contributed by atoms with Crippen molar-refractivity contribution in [2.75, 3.05) is 5.32 Å². The number of anilines is 1. The van der Waals surface area contributed by atoms with Crippen LogP contribution in [0.25, 0.3) is 0 Å². The Bertz CT molecular complexity index is 1340. The van der Waals surface area contributed by atoms with Crippen LogP contribution in [0.5, 0.6) is 0 Å². The molecule has 4 N–H and O–H groups in total. The highest BCUT2D eigenvalue weighted by Crippen LogP contribution is 2.31. The van der Waals surface area contributed by atoms with Crippen molar-refractivity contribution >= 4 is 29.1 Å². The lowest BCUT2D eigenvalue weighted by Crippen LogP contribution is -2.48. The van der Waals surface area contributed by atoms with Crippen LogP contribution in [0.1, 0.15) is 29.0 Å². The van der Waals surface area contributed by atoms with Gasteiger partial charge in [-0.05, 0) is 18.1 Å². The number of halogens is 3. The fraction of sp³-hybridized carbons (Fsp3) is 0.214. The minimum absolute atomic E-state index is 0.257. The third-order valence-corrected chi connectivity index (χ3v) is 6.23. The first-order valence-electron chi connectivity index (χ1n) is 11.9. The monoisotopic (exact) mass is 522 g/mol. The molecule has 4 atom stereocenters. The van der Waals surface area contributed by atoms with Gasteiger partial charge in [0.1, 0.15) is 0 Å². The molecule has 1 unspecified atom stereocenters. The number of hydrogen-bond acceptors (Lipinski definition) is 4. The molecule has 0 fully saturated rings. The number of carbonyl (C=O) groups is 3. The number of benzene rings is 3. The molecule has 1 aliphatic heterocycles. The zero-order valence-corrected chi connectivity index (χ0v) is 20.1. The van der Waals surface area contributed by atoms with Gasteiger partial charge in [-0.3, -0.25) is 14.4 Å². The number of amides is 3. The molecule has 0 aliphatic carbocycles. The van der Waals surface area contributed by atoms with E-state index in [1.165, 1.54) is 12.1 Å². The van der Waals surface area contributed by atoms with Crippen LogP contribution in [-0.2, 0) is 14.4 Å². The van der Waals surface area contributed by atoms with E-state index in [-0.39, 0.29) is 5.56 Å². The zero-order valence-electron chi connectivity index (χ0n) is 20.1. The second-order valence-corrected chi connectivity index (χ2v) is 8.77. The number of benzodiazepines with no additional fused rings is 1. The Hall–Kier alpha value is -4.47. The maximum atomic E-state index is 14.3. The number of nitrogens with one attached hydrogen (secondary N) is 2. The summed E-state index contributed by atoms with van der Waals surface area (Å²) in [6.45, 7) is 0. The number of aliphatic imine (C=N–C) groups is 1. The van der Waals surface area contributed by atoms with Crippen LogP contribution < -0.4 is 16.4 Å². The summed E-state index contributed by atoms with van der Waals surface area (Å²) in [6, 6.07) is 23.6. The van der Waals surface area contributed by atoms with Gasteiger partial charge in [-0.2, -0.15) is 0 Å². The molecule has 7 nitrogen and oxygen atoms in total. The molecule has 4 rings (SSSR count). The van der Waals surface area contributed by atoms with Crippen LogP contribution in [0, 0.1) is 5.92 Å². The molecule has 1 aliphatic rings. The molecule has 0 saturated carbocycles. The standard InChI is InChI=1S/C28H25F3N4O3/c29-20(24(30)31)15-19(22(25(32)36)16-9-3-1-4-10-16)27(37)35-26-28(38)33-21-14-8-7-13-18(21)23(34-26)17-11-5-2-6-12-17/h1-14,19-20,22,24,26H,15H2,(H2,32,36)(H,33,38)(H,35,37)/t19-,20?,22+,26-/m1/s1. The number of alkyl halides is 3. The Kier molecular flexibility index (Phi) is 8.20. The summed E-state index contributed by atoms with van der Waals surface area (Å²) in [4.78, 5) is 43.5. The quantitative estimate of drug-likeness (QED) is 0.397. The molecule has 0 saturated heterocycles. The minimum atomic E-state index is -3.38. The van der Waals surface area contributed by atoms with Gasteiger partial charge in [-0.15, -0.1) is 0 Å². The summed E-state index contributed by atoms with van der Waals surface area (Å²) < 4.78 is 40.6. The summed E-state index contributed by atoms with van der Waals surface area (Å²) in [5, 5.41) is 5.14. The fourth-order valence-electron chi connectivity index (χ4n) is 4.42. The molecule has 3 aromatic carbocycles. The first-order valence-corrected chi connectivity index (χ1v) is 11.9. The van der Waals surface area contributed by atoms with Gasteiger partial charge in [0.05, 0.1) is 23.2 Å². The van der Waals surface area contributed by atoms with E-state index >= 15 is 0 Å². The van der Waals surface area contributed by atoms with Crippen LogP contribution in [0.2, 0.25) is 0 Å². The van der Waals surface area contributed by atoms with Crippen molar-refractivity contribution in [3.05, 3.63) is 102 Å². The number of primary amides is 1. The number of fused-ring (bicyclic) bond motifs is 1. The number of para-hydroxylation sites is 1. The molecule has 1 heterocycles.